The van der Waals surface area contributed by atoms with Crippen molar-refractivity contribution in [3.8, 4) is 0 Å². The van der Waals surface area contributed by atoms with Crippen molar-refractivity contribution in [3.63, 3.8) is 0 Å². The van der Waals surface area contributed by atoms with Crippen molar-refractivity contribution >= 4 is 29.1 Å². The number of benzene rings is 3. The zero-order chi connectivity index (χ0) is 32.7. The Kier molecular flexibility index (Phi) is 8.03. The van der Waals surface area contributed by atoms with Gasteiger partial charge in [0, 0.05) is 76.4 Å². The molecule has 3 aromatic carbocycles. The topological polar surface area (TPSA) is 112 Å². The number of fused-ring (bicyclic) bond motifs is 3. The fourth-order valence-electron chi connectivity index (χ4n) is 6.72. The van der Waals surface area contributed by atoms with Crippen LogP contribution < -0.4 is 15.5 Å². The number of nitrogens with zero attached hydrogens (tertiary/aromatic N) is 5. The van der Waals surface area contributed by atoms with E-state index in [9.17, 15) is 14.4 Å². The monoisotopic (exact) mass is 633 g/mol. The molecule has 242 valence electrons. The third-order valence-corrected chi connectivity index (χ3v) is 9.53. The molecule has 0 radical (unpaired) electrons. The molecule has 0 atom stereocenters. The van der Waals surface area contributed by atoms with Crippen LogP contribution in [0, 0.1) is 0 Å². The highest BCUT2D eigenvalue weighted by Gasteiger charge is 2.50. The molecule has 4 aromatic rings. The fraction of sp³-hybridized carbons (Fsp3) is 0.333. The molecule has 7 rings (SSSR count). The fourth-order valence-corrected chi connectivity index (χ4v) is 6.72. The predicted octanol–water partition coefficient (Wildman–Crippen LogP) is 3.50. The summed E-state index contributed by atoms with van der Waals surface area (Å²) < 4.78 is 7.73. The lowest BCUT2D eigenvalue weighted by atomic mass is 9.88. The van der Waals surface area contributed by atoms with Gasteiger partial charge in [-0.15, -0.1) is 0 Å². The lowest BCUT2D eigenvalue weighted by Gasteiger charge is -2.52. The van der Waals surface area contributed by atoms with E-state index in [0.29, 0.717) is 55.5 Å². The molecule has 4 heterocycles. The van der Waals surface area contributed by atoms with Crippen molar-refractivity contribution in [2.24, 2.45) is 0 Å². The van der Waals surface area contributed by atoms with Crippen molar-refractivity contribution in [2.45, 2.75) is 31.6 Å². The summed E-state index contributed by atoms with van der Waals surface area (Å²) in [5.74, 6) is -0.00824. The third-order valence-electron chi connectivity index (χ3n) is 9.53. The molecular formula is C36H39N7O4. The van der Waals surface area contributed by atoms with E-state index < -0.39 is 0 Å². The maximum absolute atomic E-state index is 13.3. The molecule has 1 saturated heterocycles. The van der Waals surface area contributed by atoms with Crippen LogP contribution in [0.3, 0.4) is 0 Å². The van der Waals surface area contributed by atoms with Crippen LogP contribution in [0.1, 0.15) is 53.7 Å². The molecule has 3 aliphatic heterocycles. The number of nitrogens with one attached hydrogen (secondary N) is 2. The molecule has 11 nitrogen and oxygen atoms in total. The number of carbonyl (C=O) groups is 3. The van der Waals surface area contributed by atoms with Crippen LogP contribution >= 0.6 is 0 Å². The van der Waals surface area contributed by atoms with Crippen molar-refractivity contribution in [1.29, 1.82) is 0 Å². The number of carbonyl (C=O) groups excluding carboxylic acids is 3. The molecule has 0 saturated carbocycles. The SMILES string of the molecule is CN(C)C(=O)c1ccc(CN2CCn3c(cnc3C(=O)NCc3ccc(NC(=O)c4ccc5c(c4)CCN5C)cc3)C23COC3)cc1. The van der Waals surface area contributed by atoms with Crippen LogP contribution in [0.15, 0.2) is 72.9 Å². The second kappa shape index (κ2) is 12.3. The first-order valence-electron chi connectivity index (χ1n) is 15.9. The van der Waals surface area contributed by atoms with Crippen LogP contribution in [0.25, 0.3) is 0 Å². The van der Waals surface area contributed by atoms with E-state index in [1.54, 1.807) is 25.2 Å². The number of imidazole rings is 1. The Morgan fingerprint density at radius 3 is 2.32 bits per heavy atom. The molecule has 3 amide bonds. The Bertz CT molecular complexity index is 1830. The van der Waals surface area contributed by atoms with Gasteiger partial charge in [0.05, 0.1) is 25.1 Å². The average molecular weight is 634 g/mol. The normalized spacial score (nSPS) is 16.3. The molecular weight excluding hydrogens is 594 g/mol. The summed E-state index contributed by atoms with van der Waals surface area (Å²) in [5, 5.41) is 5.99. The Hall–Kier alpha value is -5.00. The quantitative estimate of drug-likeness (QED) is 0.306. The minimum absolute atomic E-state index is 0.0201. The maximum Gasteiger partial charge on any atom is 0.287 e. The van der Waals surface area contributed by atoms with Gasteiger partial charge in [-0.1, -0.05) is 24.3 Å². The average Bonchev–Trinajstić information content (AvgIpc) is 3.66. The van der Waals surface area contributed by atoms with Crippen molar-refractivity contribution in [1.82, 2.24) is 24.7 Å². The van der Waals surface area contributed by atoms with Gasteiger partial charge in [-0.3, -0.25) is 19.3 Å². The summed E-state index contributed by atoms with van der Waals surface area (Å²) in [6.45, 7) is 4.43. The Morgan fingerprint density at radius 2 is 1.62 bits per heavy atom. The number of hydrogen-bond acceptors (Lipinski definition) is 7. The molecule has 3 aliphatic rings. The van der Waals surface area contributed by atoms with Crippen LogP contribution in [0.4, 0.5) is 11.4 Å². The van der Waals surface area contributed by atoms with Crippen LogP contribution in [0.2, 0.25) is 0 Å². The van der Waals surface area contributed by atoms with E-state index in [0.717, 1.165) is 36.3 Å². The van der Waals surface area contributed by atoms with Gasteiger partial charge in [-0.25, -0.2) is 4.98 Å². The third kappa shape index (κ3) is 5.77. The largest absolute Gasteiger partial charge is 0.377 e. The van der Waals surface area contributed by atoms with Crippen LogP contribution in [0.5, 0.6) is 0 Å². The van der Waals surface area contributed by atoms with Gasteiger partial charge in [0.1, 0.15) is 5.54 Å². The van der Waals surface area contributed by atoms with Gasteiger partial charge < -0.3 is 29.7 Å². The second-order valence-electron chi connectivity index (χ2n) is 12.8. The zero-order valence-corrected chi connectivity index (χ0v) is 27.0. The van der Waals surface area contributed by atoms with Gasteiger partial charge in [0.2, 0.25) is 0 Å². The number of hydrogen-bond donors (Lipinski definition) is 2. The molecule has 47 heavy (non-hydrogen) atoms. The van der Waals surface area contributed by atoms with E-state index >= 15 is 0 Å². The Morgan fingerprint density at radius 1 is 0.894 bits per heavy atom. The highest BCUT2D eigenvalue weighted by Crippen LogP contribution is 2.40. The van der Waals surface area contributed by atoms with Gasteiger partial charge in [-0.2, -0.15) is 0 Å². The molecule has 2 N–H and O–H groups in total. The molecule has 1 aromatic heterocycles. The number of rotatable bonds is 8. The number of ether oxygens (including phenoxy) is 1. The van der Waals surface area contributed by atoms with E-state index in [4.69, 9.17) is 4.74 Å². The van der Waals surface area contributed by atoms with E-state index in [1.807, 2.05) is 71.3 Å². The molecule has 0 aliphatic carbocycles. The standard InChI is InChI=1S/C36H39N7O4/c1-40(2)35(46)26-8-4-25(5-9-26)21-42-16-17-43-31(36(42)22-47-23-36)20-37-32(43)34(45)38-19-24-6-11-29(12-7-24)39-33(44)28-10-13-30-27(18-28)14-15-41(30)3/h4-13,18,20H,14-17,19,21-23H2,1-3H3,(H,38,45)(H,39,44). The van der Waals surface area contributed by atoms with Crippen LogP contribution in [-0.4, -0.2) is 84.5 Å². The van der Waals surface area contributed by atoms with Gasteiger partial charge in [0.15, 0.2) is 5.82 Å². The van der Waals surface area contributed by atoms with E-state index in [1.165, 1.54) is 11.3 Å². The summed E-state index contributed by atoms with van der Waals surface area (Å²) in [6.07, 6.45) is 2.75. The Labute approximate surface area is 274 Å². The maximum atomic E-state index is 13.3. The number of likely N-dealkylation sites (N-methyl/N-ethyl adjacent to an activating group) is 1. The highest BCUT2D eigenvalue weighted by molar-refractivity contribution is 6.04. The van der Waals surface area contributed by atoms with Crippen molar-refractivity contribution in [3.05, 3.63) is 112 Å². The summed E-state index contributed by atoms with van der Waals surface area (Å²) in [6, 6.07) is 21.1. The number of anilines is 2. The molecule has 11 heteroatoms. The number of aromatic nitrogens is 2. The van der Waals surface area contributed by atoms with Crippen molar-refractivity contribution < 1.29 is 19.1 Å². The summed E-state index contributed by atoms with van der Waals surface area (Å²) in [7, 11) is 5.56. The van der Waals surface area contributed by atoms with Crippen LogP contribution in [-0.2, 0) is 36.3 Å². The first kappa shape index (κ1) is 30.6. The predicted molar refractivity (Wildman–Crippen MR) is 179 cm³/mol. The Balaban J connectivity index is 0.966. The molecule has 1 fully saturated rings. The first-order valence-corrected chi connectivity index (χ1v) is 15.9. The second-order valence-corrected chi connectivity index (χ2v) is 12.8. The van der Waals surface area contributed by atoms with Gasteiger partial charge in [0.25, 0.3) is 17.7 Å². The van der Waals surface area contributed by atoms with Gasteiger partial charge in [-0.05, 0) is 65.6 Å². The smallest absolute Gasteiger partial charge is 0.287 e. The summed E-state index contributed by atoms with van der Waals surface area (Å²) in [5.41, 5.74) is 7.03. The highest BCUT2D eigenvalue weighted by atomic mass is 16.5. The minimum Gasteiger partial charge on any atom is -0.377 e. The summed E-state index contributed by atoms with van der Waals surface area (Å²) in [4.78, 5) is 49.2. The minimum atomic E-state index is -0.349. The zero-order valence-electron chi connectivity index (χ0n) is 27.0. The number of amides is 3. The van der Waals surface area contributed by atoms with Gasteiger partial charge >= 0.3 is 0 Å². The lowest BCUT2D eigenvalue weighted by Crippen LogP contribution is -2.63. The lowest BCUT2D eigenvalue weighted by molar-refractivity contribution is -0.162. The summed E-state index contributed by atoms with van der Waals surface area (Å²) >= 11 is 0. The van der Waals surface area contributed by atoms with E-state index in [2.05, 4.69) is 32.5 Å². The van der Waals surface area contributed by atoms with Crippen molar-refractivity contribution in [2.75, 3.05) is 57.7 Å². The molecule has 0 bridgehead atoms. The molecule has 1 spiro atoms. The first-order chi connectivity index (χ1) is 22.7. The molecule has 0 unspecified atom stereocenters. The van der Waals surface area contributed by atoms with E-state index in [-0.39, 0.29) is 23.3 Å².